The fraction of sp³-hybridized carbons (Fsp3) is 0.167. The molecule has 1 N–H and O–H groups in total. The summed E-state index contributed by atoms with van der Waals surface area (Å²) in [5.41, 5.74) is 3.13. The molecule has 0 aromatic heterocycles. The summed E-state index contributed by atoms with van der Waals surface area (Å²) in [4.78, 5) is 14.3. The van der Waals surface area contributed by atoms with Crippen LogP contribution < -0.4 is 5.32 Å². The van der Waals surface area contributed by atoms with Crippen molar-refractivity contribution >= 4 is 27.5 Å². The summed E-state index contributed by atoms with van der Waals surface area (Å²) in [5.74, 6) is 0.00357. The van der Waals surface area contributed by atoms with Gasteiger partial charge in [0.2, 0.25) is 5.91 Å². The van der Waals surface area contributed by atoms with E-state index in [1.807, 2.05) is 36.4 Å². The second-order valence-corrected chi connectivity index (χ2v) is 6.23. The van der Waals surface area contributed by atoms with Gasteiger partial charge in [-0.2, -0.15) is 0 Å². The molecule has 1 aliphatic heterocycles. The summed E-state index contributed by atoms with van der Waals surface area (Å²) in [5, 5.41) is 3.00. The normalized spacial score (nSPS) is 18.2. The third-order valence-electron chi connectivity index (χ3n) is 3.77. The molecule has 112 valence electrons. The second-order valence-electron chi connectivity index (χ2n) is 5.31. The van der Waals surface area contributed by atoms with Crippen LogP contribution >= 0.6 is 15.9 Å². The third kappa shape index (κ3) is 2.98. The zero-order chi connectivity index (χ0) is 15.5. The summed E-state index contributed by atoms with van der Waals surface area (Å²) in [6, 6.07) is 16.2. The van der Waals surface area contributed by atoms with Gasteiger partial charge in [-0.25, -0.2) is 0 Å². The van der Waals surface area contributed by atoms with E-state index in [2.05, 4.69) is 50.9 Å². The number of fused-ring (bicyclic) bond motifs is 1. The van der Waals surface area contributed by atoms with Crippen LogP contribution in [0, 0.1) is 0 Å². The Labute approximate surface area is 138 Å². The number of benzene rings is 2. The number of halogens is 1. The molecule has 3 nitrogen and oxygen atoms in total. The molecule has 2 aromatic carbocycles. The topological polar surface area (TPSA) is 32.3 Å². The van der Waals surface area contributed by atoms with Gasteiger partial charge in [0, 0.05) is 16.7 Å². The van der Waals surface area contributed by atoms with Gasteiger partial charge in [-0.05, 0) is 29.3 Å². The molecule has 2 aromatic rings. The molecule has 1 aliphatic rings. The Bertz CT molecular complexity index is 699. The van der Waals surface area contributed by atoms with Gasteiger partial charge in [0.05, 0.1) is 12.6 Å². The van der Waals surface area contributed by atoms with Crippen molar-refractivity contribution < 1.29 is 4.79 Å². The van der Waals surface area contributed by atoms with Crippen molar-refractivity contribution in [3.63, 3.8) is 0 Å². The van der Waals surface area contributed by atoms with Crippen LogP contribution in [-0.4, -0.2) is 23.9 Å². The molecule has 0 fully saturated rings. The van der Waals surface area contributed by atoms with Gasteiger partial charge in [0.25, 0.3) is 0 Å². The van der Waals surface area contributed by atoms with Gasteiger partial charge in [-0.3, -0.25) is 9.69 Å². The van der Waals surface area contributed by atoms with E-state index >= 15 is 0 Å². The highest BCUT2D eigenvalue weighted by Gasteiger charge is 2.29. The van der Waals surface area contributed by atoms with Crippen molar-refractivity contribution in [3.8, 4) is 0 Å². The molecule has 3 rings (SSSR count). The van der Waals surface area contributed by atoms with Crippen molar-refractivity contribution in [3.05, 3.63) is 76.8 Å². The van der Waals surface area contributed by atoms with Gasteiger partial charge in [0.15, 0.2) is 0 Å². The van der Waals surface area contributed by atoms with E-state index < -0.39 is 0 Å². The Morgan fingerprint density at radius 1 is 1.27 bits per heavy atom. The van der Waals surface area contributed by atoms with E-state index in [4.69, 9.17) is 0 Å². The number of carbonyl (C=O) groups excluding carboxylic acids is 1. The second kappa shape index (κ2) is 6.46. The van der Waals surface area contributed by atoms with Crippen molar-refractivity contribution in [1.29, 1.82) is 0 Å². The van der Waals surface area contributed by atoms with Crippen molar-refractivity contribution in [1.82, 2.24) is 4.90 Å². The first-order valence-electron chi connectivity index (χ1n) is 7.18. The van der Waals surface area contributed by atoms with E-state index in [0.717, 1.165) is 15.7 Å². The number of carbonyl (C=O) groups is 1. The lowest BCUT2D eigenvalue weighted by molar-refractivity contribution is -0.117. The molecule has 0 bridgehead atoms. The molecule has 0 saturated carbocycles. The lowest BCUT2D eigenvalue weighted by Gasteiger charge is -2.29. The van der Waals surface area contributed by atoms with Crippen molar-refractivity contribution in [2.24, 2.45) is 0 Å². The Hall–Kier alpha value is -1.91. The summed E-state index contributed by atoms with van der Waals surface area (Å²) in [6.45, 7) is 4.83. The molecule has 0 aliphatic carbocycles. The molecule has 1 heterocycles. The van der Waals surface area contributed by atoms with E-state index in [9.17, 15) is 4.79 Å². The van der Waals surface area contributed by atoms with Crippen LogP contribution in [0.15, 0.2) is 65.7 Å². The van der Waals surface area contributed by atoms with Crippen molar-refractivity contribution in [2.75, 3.05) is 18.4 Å². The van der Waals surface area contributed by atoms with E-state index in [0.29, 0.717) is 13.1 Å². The molecule has 4 heteroatoms. The largest absolute Gasteiger partial charge is 0.325 e. The van der Waals surface area contributed by atoms with Gasteiger partial charge < -0.3 is 5.32 Å². The summed E-state index contributed by atoms with van der Waals surface area (Å²) < 4.78 is 1.00. The minimum atomic E-state index is 0.00357. The lowest BCUT2D eigenvalue weighted by Crippen LogP contribution is -2.34. The molecule has 1 amide bonds. The number of nitrogens with one attached hydrogen (secondary N) is 1. The lowest BCUT2D eigenvalue weighted by atomic mass is 9.96. The molecule has 1 unspecified atom stereocenters. The zero-order valence-electron chi connectivity index (χ0n) is 12.1. The Kier molecular flexibility index (Phi) is 4.41. The molecular weight excluding hydrogens is 340 g/mol. The average molecular weight is 357 g/mol. The van der Waals surface area contributed by atoms with Crippen LogP contribution in [0.2, 0.25) is 0 Å². The number of hydrogen-bond donors (Lipinski definition) is 1. The van der Waals surface area contributed by atoms with Gasteiger partial charge in [-0.1, -0.05) is 52.3 Å². The fourth-order valence-corrected chi connectivity index (χ4v) is 3.28. The monoisotopic (exact) mass is 356 g/mol. The van der Waals surface area contributed by atoms with E-state index in [1.54, 1.807) is 0 Å². The van der Waals surface area contributed by atoms with Gasteiger partial charge in [-0.15, -0.1) is 6.58 Å². The average Bonchev–Trinajstić information content (AvgIpc) is 2.64. The fourth-order valence-electron chi connectivity index (χ4n) is 2.90. The molecule has 22 heavy (non-hydrogen) atoms. The first kappa shape index (κ1) is 15.0. The van der Waals surface area contributed by atoms with Crippen molar-refractivity contribution in [2.45, 2.75) is 6.04 Å². The van der Waals surface area contributed by atoms with E-state index in [1.165, 1.54) is 5.56 Å². The number of rotatable bonds is 3. The minimum Gasteiger partial charge on any atom is -0.325 e. The number of hydrogen-bond acceptors (Lipinski definition) is 2. The predicted molar refractivity (Wildman–Crippen MR) is 92.8 cm³/mol. The maximum Gasteiger partial charge on any atom is 0.238 e. The number of amides is 1. The van der Waals surface area contributed by atoms with Crippen LogP contribution in [0.25, 0.3) is 0 Å². The van der Waals surface area contributed by atoms with Crippen LogP contribution in [0.1, 0.15) is 17.2 Å². The SMILES string of the molecule is C=CCN1CC(=O)Nc2ccc(Br)cc2C1c1ccccc1. The maximum atomic E-state index is 12.2. The summed E-state index contributed by atoms with van der Waals surface area (Å²) >= 11 is 3.54. The third-order valence-corrected chi connectivity index (χ3v) is 4.27. The molecular formula is C18H17BrN2O. The predicted octanol–water partition coefficient (Wildman–Crippen LogP) is 3.98. The molecule has 0 radical (unpaired) electrons. The first-order chi connectivity index (χ1) is 10.7. The smallest absolute Gasteiger partial charge is 0.238 e. The van der Waals surface area contributed by atoms with Crippen LogP contribution in [0.5, 0.6) is 0 Å². The van der Waals surface area contributed by atoms with Crippen LogP contribution in [0.3, 0.4) is 0 Å². The highest BCUT2D eigenvalue weighted by molar-refractivity contribution is 9.10. The number of nitrogens with zero attached hydrogens (tertiary/aromatic N) is 1. The first-order valence-corrected chi connectivity index (χ1v) is 7.97. The minimum absolute atomic E-state index is 0.00357. The van der Waals surface area contributed by atoms with Crippen LogP contribution in [0.4, 0.5) is 5.69 Å². The zero-order valence-corrected chi connectivity index (χ0v) is 13.7. The Balaban J connectivity index is 2.17. The molecule has 0 saturated heterocycles. The highest BCUT2D eigenvalue weighted by atomic mass is 79.9. The molecule has 0 spiro atoms. The molecule has 1 atom stereocenters. The summed E-state index contributed by atoms with van der Waals surface area (Å²) in [6.07, 6.45) is 1.84. The van der Waals surface area contributed by atoms with Gasteiger partial charge in [0.1, 0.15) is 0 Å². The summed E-state index contributed by atoms with van der Waals surface area (Å²) in [7, 11) is 0. The standard InChI is InChI=1S/C18H17BrN2O/c1-2-10-21-12-17(22)20-16-9-8-14(19)11-15(16)18(21)13-6-4-3-5-7-13/h2-9,11,18H,1,10,12H2,(H,20,22). The quantitative estimate of drug-likeness (QED) is 0.843. The van der Waals surface area contributed by atoms with E-state index in [-0.39, 0.29) is 11.9 Å². The van der Waals surface area contributed by atoms with Crippen LogP contribution in [-0.2, 0) is 4.79 Å². The van der Waals surface area contributed by atoms with Gasteiger partial charge >= 0.3 is 0 Å². The highest BCUT2D eigenvalue weighted by Crippen LogP contribution is 2.36. The maximum absolute atomic E-state index is 12.2. The Morgan fingerprint density at radius 3 is 2.77 bits per heavy atom. The Morgan fingerprint density at radius 2 is 2.05 bits per heavy atom. The number of anilines is 1.